The first kappa shape index (κ1) is 19.3. The molecule has 0 bridgehead atoms. The van der Waals surface area contributed by atoms with Gasteiger partial charge in [0, 0.05) is 40.3 Å². The molecule has 9 heteroatoms. The van der Waals surface area contributed by atoms with Crippen molar-refractivity contribution in [3.63, 3.8) is 0 Å². The van der Waals surface area contributed by atoms with Crippen molar-refractivity contribution < 1.29 is 4.79 Å². The van der Waals surface area contributed by atoms with E-state index in [9.17, 15) is 19.6 Å². The van der Waals surface area contributed by atoms with Gasteiger partial charge in [0.1, 0.15) is 11.9 Å². The molecular formula is C17H22N6O3. The maximum atomic E-state index is 12.3. The lowest BCUT2D eigenvalue weighted by molar-refractivity contribution is -0.121. The maximum Gasteiger partial charge on any atom is 0.332 e. The number of nitrogens with zero attached hydrogens (tertiary/aromatic N) is 5. The third-order valence-electron chi connectivity index (χ3n) is 4.39. The summed E-state index contributed by atoms with van der Waals surface area (Å²) in [5, 5.41) is 12.0. The maximum absolute atomic E-state index is 12.3. The molecule has 0 aromatic carbocycles. The molecule has 1 aliphatic heterocycles. The van der Waals surface area contributed by atoms with E-state index in [4.69, 9.17) is 6.42 Å². The summed E-state index contributed by atoms with van der Waals surface area (Å²) in [5.74, 6) is 2.55. The molecule has 0 saturated carbocycles. The number of carbonyl (C=O) groups excluding carboxylic acids is 1. The molecule has 1 fully saturated rings. The Morgan fingerprint density at radius 1 is 1.19 bits per heavy atom. The van der Waals surface area contributed by atoms with Gasteiger partial charge in [0.25, 0.3) is 5.56 Å². The normalized spacial score (nSPS) is 15.0. The summed E-state index contributed by atoms with van der Waals surface area (Å²) in [5.41, 5.74) is -1.12. The Morgan fingerprint density at radius 3 is 2.58 bits per heavy atom. The van der Waals surface area contributed by atoms with Crippen LogP contribution in [0.4, 0.5) is 5.82 Å². The quantitative estimate of drug-likeness (QED) is 0.638. The summed E-state index contributed by atoms with van der Waals surface area (Å²) >= 11 is 0. The first-order chi connectivity index (χ1) is 12.4. The van der Waals surface area contributed by atoms with Crippen LogP contribution in [-0.4, -0.2) is 59.2 Å². The molecule has 26 heavy (non-hydrogen) atoms. The van der Waals surface area contributed by atoms with Gasteiger partial charge in [0.2, 0.25) is 5.91 Å². The number of hydrogen-bond donors (Lipinski definition) is 1. The molecule has 1 aromatic rings. The van der Waals surface area contributed by atoms with Crippen molar-refractivity contribution in [1.29, 1.82) is 5.26 Å². The fraction of sp³-hybridized carbons (Fsp3) is 0.529. The Bertz CT molecular complexity index is 886. The molecule has 0 aliphatic carbocycles. The number of aromatic nitrogens is 2. The highest BCUT2D eigenvalue weighted by molar-refractivity contribution is 5.78. The number of nitrogens with one attached hydrogen (secondary N) is 1. The molecule has 0 unspecified atom stereocenters. The highest BCUT2D eigenvalue weighted by Gasteiger charge is 2.24. The second kappa shape index (κ2) is 8.37. The summed E-state index contributed by atoms with van der Waals surface area (Å²) in [4.78, 5) is 40.1. The first-order valence-electron chi connectivity index (χ1n) is 8.28. The van der Waals surface area contributed by atoms with Crippen molar-refractivity contribution in [2.75, 3.05) is 44.2 Å². The predicted molar refractivity (Wildman–Crippen MR) is 96.8 cm³/mol. The van der Waals surface area contributed by atoms with Gasteiger partial charge in [-0.3, -0.25) is 23.6 Å². The van der Waals surface area contributed by atoms with Crippen LogP contribution in [0.15, 0.2) is 9.59 Å². The topological polar surface area (TPSA) is 103 Å². The Morgan fingerprint density at radius 2 is 1.92 bits per heavy atom. The summed E-state index contributed by atoms with van der Waals surface area (Å²) in [7, 11) is 2.90. The summed E-state index contributed by atoms with van der Waals surface area (Å²) in [6.07, 6.45) is 5.86. The van der Waals surface area contributed by atoms with Crippen molar-refractivity contribution in [3.8, 4) is 18.4 Å². The lowest BCUT2D eigenvalue weighted by atomic mass is 10.2. The van der Waals surface area contributed by atoms with Crippen LogP contribution in [0.3, 0.4) is 0 Å². The van der Waals surface area contributed by atoms with E-state index in [0.29, 0.717) is 32.0 Å². The van der Waals surface area contributed by atoms with Gasteiger partial charge in [-0.1, -0.05) is 5.92 Å². The standard InChI is InChI=1S/C17H22N6O3/c1-4-6-19-14(24)12-22-7-5-8-23(10-9-22)15-13(11-18)16(25)21(3)17(26)20(15)2/h1H,5-10,12H2,2-3H3,(H,19,24). The minimum Gasteiger partial charge on any atom is -0.355 e. The van der Waals surface area contributed by atoms with Crippen LogP contribution >= 0.6 is 0 Å². The lowest BCUT2D eigenvalue weighted by Crippen LogP contribution is -2.44. The van der Waals surface area contributed by atoms with Crippen LogP contribution in [0.2, 0.25) is 0 Å². The fourth-order valence-electron chi connectivity index (χ4n) is 3.05. The smallest absolute Gasteiger partial charge is 0.332 e. The van der Waals surface area contributed by atoms with E-state index in [2.05, 4.69) is 11.2 Å². The minimum atomic E-state index is -0.597. The third-order valence-corrected chi connectivity index (χ3v) is 4.39. The van der Waals surface area contributed by atoms with Crippen LogP contribution < -0.4 is 21.5 Å². The number of carbonyl (C=O) groups is 1. The SMILES string of the molecule is C#CCNC(=O)CN1CCCN(c2c(C#N)c(=O)n(C)c(=O)n2C)CC1. The Balaban J connectivity index is 2.22. The lowest BCUT2D eigenvalue weighted by Gasteiger charge is -2.26. The summed E-state index contributed by atoms with van der Waals surface area (Å²) in [6, 6.07) is 1.93. The molecule has 1 amide bonds. The van der Waals surface area contributed by atoms with Gasteiger partial charge in [0.05, 0.1) is 13.1 Å². The van der Waals surface area contributed by atoms with E-state index < -0.39 is 11.2 Å². The van der Waals surface area contributed by atoms with Gasteiger partial charge in [-0.05, 0) is 6.42 Å². The molecule has 138 valence electrons. The Kier molecular flexibility index (Phi) is 6.21. The number of terminal acetylenes is 1. The van der Waals surface area contributed by atoms with E-state index >= 15 is 0 Å². The molecule has 1 N–H and O–H groups in total. The van der Waals surface area contributed by atoms with Gasteiger partial charge >= 0.3 is 5.69 Å². The number of anilines is 1. The monoisotopic (exact) mass is 358 g/mol. The Hall–Kier alpha value is -3.04. The number of nitriles is 1. The third kappa shape index (κ3) is 3.95. The highest BCUT2D eigenvalue weighted by Crippen LogP contribution is 2.17. The molecule has 2 heterocycles. The van der Waals surface area contributed by atoms with Crippen LogP contribution in [0.5, 0.6) is 0 Å². The molecule has 2 rings (SSSR count). The van der Waals surface area contributed by atoms with Gasteiger partial charge in [-0.15, -0.1) is 6.42 Å². The molecule has 9 nitrogen and oxygen atoms in total. The average molecular weight is 358 g/mol. The van der Waals surface area contributed by atoms with Crippen molar-refractivity contribution in [2.24, 2.45) is 14.1 Å². The van der Waals surface area contributed by atoms with E-state index in [0.717, 1.165) is 11.0 Å². The average Bonchev–Trinajstić information content (AvgIpc) is 2.86. The van der Waals surface area contributed by atoms with Crippen molar-refractivity contribution in [1.82, 2.24) is 19.4 Å². The van der Waals surface area contributed by atoms with E-state index in [1.54, 1.807) is 7.05 Å². The van der Waals surface area contributed by atoms with Crippen LogP contribution in [0, 0.1) is 23.7 Å². The van der Waals surface area contributed by atoms with Gasteiger partial charge in [-0.25, -0.2) is 4.79 Å². The molecule has 1 saturated heterocycles. The Labute approximate surface area is 151 Å². The zero-order valence-electron chi connectivity index (χ0n) is 15.0. The van der Waals surface area contributed by atoms with Gasteiger partial charge in [0.15, 0.2) is 5.56 Å². The van der Waals surface area contributed by atoms with E-state index in [1.165, 1.54) is 11.6 Å². The highest BCUT2D eigenvalue weighted by atomic mass is 16.2. The predicted octanol–water partition coefficient (Wildman–Crippen LogP) is -1.78. The zero-order chi connectivity index (χ0) is 19.3. The van der Waals surface area contributed by atoms with E-state index in [1.807, 2.05) is 15.9 Å². The van der Waals surface area contributed by atoms with Crippen molar-refractivity contribution in [3.05, 3.63) is 26.4 Å². The molecular weight excluding hydrogens is 336 g/mol. The summed E-state index contributed by atoms with van der Waals surface area (Å²) in [6.45, 7) is 2.77. The zero-order valence-corrected chi connectivity index (χ0v) is 15.0. The summed E-state index contributed by atoms with van der Waals surface area (Å²) < 4.78 is 2.26. The minimum absolute atomic E-state index is 0.0465. The van der Waals surface area contributed by atoms with Crippen LogP contribution in [0.25, 0.3) is 0 Å². The van der Waals surface area contributed by atoms with Gasteiger partial charge in [-0.2, -0.15) is 5.26 Å². The first-order valence-corrected chi connectivity index (χ1v) is 8.28. The second-order valence-electron chi connectivity index (χ2n) is 6.11. The molecule has 1 aromatic heterocycles. The second-order valence-corrected chi connectivity index (χ2v) is 6.11. The largest absolute Gasteiger partial charge is 0.355 e. The fourth-order valence-corrected chi connectivity index (χ4v) is 3.05. The molecule has 0 spiro atoms. The van der Waals surface area contributed by atoms with Gasteiger partial charge < -0.3 is 10.2 Å². The number of rotatable bonds is 4. The number of hydrogen-bond acceptors (Lipinski definition) is 6. The van der Waals surface area contributed by atoms with Crippen molar-refractivity contribution in [2.45, 2.75) is 6.42 Å². The van der Waals surface area contributed by atoms with E-state index in [-0.39, 0.29) is 24.6 Å². The molecule has 0 atom stereocenters. The molecule has 1 aliphatic rings. The van der Waals surface area contributed by atoms with Crippen LogP contribution in [-0.2, 0) is 18.9 Å². The molecule has 0 radical (unpaired) electrons. The van der Waals surface area contributed by atoms with Crippen LogP contribution in [0.1, 0.15) is 12.0 Å². The van der Waals surface area contributed by atoms with Crippen molar-refractivity contribution >= 4 is 11.7 Å². The number of amides is 1.